The monoisotopic (exact) mass is 302 g/mol. The molecule has 5 heteroatoms. The summed E-state index contributed by atoms with van der Waals surface area (Å²) in [5, 5.41) is 5.07. The second-order valence-electron chi connectivity index (χ2n) is 4.82. The first-order valence-electron chi connectivity index (χ1n) is 7.19. The fourth-order valence-corrected chi connectivity index (χ4v) is 1.97. The highest BCUT2D eigenvalue weighted by Gasteiger charge is 2.02. The first-order chi connectivity index (χ1) is 10.7. The summed E-state index contributed by atoms with van der Waals surface area (Å²) in [5.41, 5.74) is 1.65. The highest BCUT2D eigenvalue weighted by Crippen LogP contribution is 2.13. The second kappa shape index (κ2) is 8.02. The maximum absolute atomic E-state index is 13.0. The number of hydrogen-bond acceptors (Lipinski definition) is 2. The van der Waals surface area contributed by atoms with Crippen LogP contribution in [0.25, 0.3) is 0 Å². The summed E-state index contributed by atoms with van der Waals surface area (Å²) in [7, 11) is 0. The lowest BCUT2D eigenvalue weighted by atomic mass is 10.1. The number of amides is 2. The van der Waals surface area contributed by atoms with E-state index in [-0.39, 0.29) is 6.73 Å². The highest BCUT2D eigenvalue weighted by molar-refractivity contribution is 5.89. The van der Waals surface area contributed by atoms with Crippen LogP contribution in [0.4, 0.5) is 14.9 Å². The molecule has 0 saturated carbocycles. The normalized spacial score (nSPS) is 10.1. The van der Waals surface area contributed by atoms with Crippen LogP contribution in [0.15, 0.2) is 48.5 Å². The summed E-state index contributed by atoms with van der Waals surface area (Å²) in [5.74, 6) is 0.284. The molecule has 0 aliphatic heterocycles. The molecule has 0 radical (unpaired) electrons. The van der Waals surface area contributed by atoms with E-state index in [9.17, 15) is 9.18 Å². The number of anilines is 1. The van der Waals surface area contributed by atoms with Crippen molar-refractivity contribution in [2.45, 2.75) is 19.8 Å². The number of halogens is 1. The number of carbonyl (C=O) groups excluding carboxylic acids is 1. The molecule has 2 aromatic rings. The van der Waals surface area contributed by atoms with Crippen molar-refractivity contribution in [1.82, 2.24) is 5.32 Å². The minimum Gasteiger partial charge on any atom is -0.473 e. The van der Waals surface area contributed by atoms with Crippen molar-refractivity contribution < 1.29 is 13.9 Å². The van der Waals surface area contributed by atoms with Gasteiger partial charge in [-0.1, -0.05) is 31.5 Å². The maximum atomic E-state index is 13.0. The Morgan fingerprint density at radius 3 is 2.64 bits per heavy atom. The van der Waals surface area contributed by atoms with Gasteiger partial charge in [-0.25, -0.2) is 9.18 Å². The van der Waals surface area contributed by atoms with Crippen LogP contribution in [0.5, 0.6) is 5.75 Å². The van der Waals surface area contributed by atoms with E-state index in [1.54, 1.807) is 6.07 Å². The Bertz CT molecular complexity index is 614. The summed E-state index contributed by atoms with van der Waals surface area (Å²) in [4.78, 5) is 11.6. The van der Waals surface area contributed by atoms with Gasteiger partial charge in [0.25, 0.3) is 0 Å². The molecule has 2 rings (SSSR count). The molecule has 2 N–H and O–H groups in total. The molecule has 2 aromatic carbocycles. The van der Waals surface area contributed by atoms with Crippen LogP contribution in [-0.2, 0) is 6.42 Å². The second-order valence-corrected chi connectivity index (χ2v) is 4.82. The number of carbonyl (C=O) groups is 1. The molecule has 0 atom stereocenters. The average Bonchev–Trinajstić information content (AvgIpc) is 2.49. The molecular formula is C17H19FN2O2. The van der Waals surface area contributed by atoms with Crippen molar-refractivity contribution in [1.29, 1.82) is 0 Å². The lowest BCUT2D eigenvalue weighted by Gasteiger charge is -2.10. The molecule has 0 aliphatic rings. The zero-order valence-electron chi connectivity index (χ0n) is 12.4. The van der Waals surface area contributed by atoms with E-state index >= 15 is 0 Å². The summed E-state index contributed by atoms with van der Waals surface area (Å²) in [6.07, 6.45) is 2.14. The number of benzene rings is 2. The number of urea groups is 1. The van der Waals surface area contributed by atoms with E-state index in [0.717, 1.165) is 12.8 Å². The van der Waals surface area contributed by atoms with E-state index in [4.69, 9.17) is 4.74 Å². The first-order valence-corrected chi connectivity index (χ1v) is 7.19. The third kappa shape index (κ3) is 5.09. The van der Waals surface area contributed by atoms with Crippen LogP contribution in [0.2, 0.25) is 0 Å². The van der Waals surface area contributed by atoms with Gasteiger partial charge >= 0.3 is 6.03 Å². The summed E-state index contributed by atoms with van der Waals surface area (Å²) in [6, 6.07) is 13.0. The van der Waals surface area contributed by atoms with Gasteiger partial charge in [0.1, 0.15) is 11.6 Å². The third-order valence-electron chi connectivity index (χ3n) is 3.02. The van der Waals surface area contributed by atoms with E-state index in [2.05, 4.69) is 17.6 Å². The number of rotatable bonds is 6. The number of ether oxygens (including phenoxy) is 1. The van der Waals surface area contributed by atoms with Gasteiger partial charge in [0.2, 0.25) is 0 Å². The van der Waals surface area contributed by atoms with Gasteiger partial charge in [-0.15, -0.1) is 0 Å². The van der Waals surface area contributed by atoms with Crippen molar-refractivity contribution in [3.8, 4) is 5.75 Å². The predicted octanol–water partition coefficient (Wildman–Crippen LogP) is 3.94. The largest absolute Gasteiger partial charge is 0.473 e. The topological polar surface area (TPSA) is 50.4 Å². The van der Waals surface area contributed by atoms with Crippen LogP contribution >= 0.6 is 0 Å². The molecule has 0 fully saturated rings. The Morgan fingerprint density at radius 1 is 1.18 bits per heavy atom. The van der Waals surface area contributed by atoms with Gasteiger partial charge in [0, 0.05) is 5.69 Å². The molecular weight excluding hydrogens is 283 g/mol. The molecule has 0 aliphatic carbocycles. The quantitative estimate of drug-likeness (QED) is 0.794. The van der Waals surface area contributed by atoms with Crippen molar-refractivity contribution in [3.05, 3.63) is 59.9 Å². The fraction of sp³-hybridized carbons (Fsp3) is 0.235. The predicted molar refractivity (Wildman–Crippen MR) is 84.5 cm³/mol. The summed E-state index contributed by atoms with van der Waals surface area (Å²) < 4.78 is 18.4. The number of hydrogen-bond donors (Lipinski definition) is 2. The van der Waals surface area contributed by atoms with Crippen LogP contribution in [0.1, 0.15) is 18.9 Å². The smallest absolute Gasteiger partial charge is 0.321 e. The lowest BCUT2D eigenvalue weighted by molar-refractivity contribution is 0.234. The fourth-order valence-electron chi connectivity index (χ4n) is 1.97. The summed E-state index contributed by atoms with van der Waals surface area (Å²) >= 11 is 0. The van der Waals surface area contributed by atoms with E-state index in [0.29, 0.717) is 11.4 Å². The van der Waals surface area contributed by atoms with Gasteiger partial charge in [-0.05, 0) is 42.3 Å². The molecule has 2 amide bonds. The maximum Gasteiger partial charge on any atom is 0.321 e. The van der Waals surface area contributed by atoms with Crippen molar-refractivity contribution in [2.75, 3.05) is 12.0 Å². The Hall–Kier alpha value is -2.56. The molecule has 0 unspecified atom stereocenters. The highest BCUT2D eigenvalue weighted by atomic mass is 19.1. The van der Waals surface area contributed by atoms with Crippen LogP contribution in [-0.4, -0.2) is 12.8 Å². The van der Waals surface area contributed by atoms with Gasteiger partial charge in [0.15, 0.2) is 6.73 Å². The Kier molecular flexibility index (Phi) is 5.77. The molecule has 0 saturated heterocycles. The van der Waals surface area contributed by atoms with Crippen LogP contribution in [0, 0.1) is 5.82 Å². The molecule has 22 heavy (non-hydrogen) atoms. The Morgan fingerprint density at radius 2 is 1.95 bits per heavy atom. The zero-order valence-corrected chi connectivity index (χ0v) is 12.4. The standard InChI is InChI=1S/C17H19FN2O2/c1-2-4-13-7-9-16(10-8-13)22-12-19-17(21)20-15-6-3-5-14(18)11-15/h3,5-11H,2,4,12H2,1H3,(H2,19,20,21). The van der Waals surface area contributed by atoms with E-state index in [1.165, 1.54) is 23.8 Å². The molecule has 0 aromatic heterocycles. The zero-order chi connectivity index (χ0) is 15.8. The van der Waals surface area contributed by atoms with Gasteiger partial charge in [-0.2, -0.15) is 0 Å². The average molecular weight is 302 g/mol. The molecule has 0 heterocycles. The number of aryl methyl sites for hydroxylation is 1. The lowest BCUT2D eigenvalue weighted by Crippen LogP contribution is -2.32. The van der Waals surface area contributed by atoms with Crippen LogP contribution in [0.3, 0.4) is 0 Å². The van der Waals surface area contributed by atoms with Gasteiger partial charge in [0.05, 0.1) is 0 Å². The van der Waals surface area contributed by atoms with Gasteiger partial charge in [-0.3, -0.25) is 0 Å². The van der Waals surface area contributed by atoms with Crippen molar-refractivity contribution >= 4 is 11.7 Å². The molecule has 0 bridgehead atoms. The minimum atomic E-state index is -0.451. The molecule has 0 spiro atoms. The first kappa shape index (κ1) is 15.8. The van der Waals surface area contributed by atoms with Crippen molar-refractivity contribution in [3.63, 3.8) is 0 Å². The third-order valence-corrected chi connectivity index (χ3v) is 3.02. The van der Waals surface area contributed by atoms with Crippen LogP contribution < -0.4 is 15.4 Å². The molecule has 116 valence electrons. The number of nitrogens with one attached hydrogen (secondary N) is 2. The van der Waals surface area contributed by atoms with Crippen molar-refractivity contribution in [2.24, 2.45) is 0 Å². The Balaban J connectivity index is 1.74. The van der Waals surface area contributed by atoms with Gasteiger partial charge < -0.3 is 15.4 Å². The minimum absolute atomic E-state index is 0.0360. The van der Waals surface area contributed by atoms with E-state index in [1.807, 2.05) is 24.3 Å². The van der Waals surface area contributed by atoms with E-state index < -0.39 is 11.8 Å². The summed E-state index contributed by atoms with van der Waals surface area (Å²) in [6.45, 7) is 2.17. The SMILES string of the molecule is CCCc1ccc(OCNC(=O)Nc2cccc(F)c2)cc1. The Labute approximate surface area is 129 Å². The molecule has 4 nitrogen and oxygen atoms in total.